The maximum atomic E-state index is 11.7. The smallest absolute Gasteiger partial charge is 0.341 e. The number of pyridine rings is 1. The molecule has 1 aromatic carbocycles. The highest BCUT2D eigenvalue weighted by molar-refractivity contribution is 9.10. The first-order valence-corrected chi connectivity index (χ1v) is 6.51. The number of aromatic nitrogens is 1. The minimum atomic E-state index is -0.413. The molecule has 4 nitrogen and oxygen atoms in total. The van der Waals surface area contributed by atoms with Crippen molar-refractivity contribution in [3.05, 3.63) is 58.2 Å². The van der Waals surface area contributed by atoms with Crippen LogP contribution in [-0.2, 0) is 11.3 Å². The summed E-state index contributed by atoms with van der Waals surface area (Å²) >= 11 is 3.29. The van der Waals surface area contributed by atoms with E-state index in [4.69, 9.17) is 4.74 Å². The van der Waals surface area contributed by atoms with E-state index >= 15 is 0 Å². The second kappa shape index (κ2) is 6.33. The van der Waals surface area contributed by atoms with Gasteiger partial charge in [0.25, 0.3) is 0 Å². The third kappa shape index (κ3) is 3.54. The Bertz CT molecular complexity index is 573. The van der Waals surface area contributed by atoms with E-state index in [-0.39, 0.29) is 0 Å². The van der Waals surface area contributed by atoms with Gasteiger partial charge in [-0.1, -0.05) is 30.3 Å². The number of carbonyl (C=O) groups is 1. The number of hydrogen-bond donors (Lipinski definition) is 1. The number of nitrogens with zero attached hydrogens (tertiary/aromatic N) is 1. The number of rotatable bonds is 4. The topological polar surface area (TPSA) is 51.2 Å². The molecule has 0 unspecified atom stereocenters. The molecule has 0 fully saturated rings. The van der Waals surface area contributed by atoms with Gasteiger partial charge >= 0.3 is 5.97 Å². The summed E-state index contributed by atoms with van der Waals surface area (Å²) in [7, 11) is 1.35. The maximum absolute atomic E-state index is 11.7. The average molecular weight is 321 g/mol. The van der Waals surface area contributed by atoms with E-state index in [1.54, 1.807) is 12.3 Å². The van der Waals surface area contributed by atoms with Crippen LogP contribution in [0.3, 0.4) is 0 Å². The molecule has 0 saturated carbocycles. The molecule has 2 aromatic rings. The lowest BCUT2D eigenvalue weighted by atomic mass is 10.2. The summed E-state index contributed by atoms with van der Waals surface area (Å²) in [6.45, 7) is 0.597. The van der Waals surface area contributed by atoms with E-state index < -0.39 is 5.97 Å². The fourth-order valence-corrected chi connectivity index (χ4v) is 1.96. The lowest BCUT2D eigenvalue weighted by molar-refractivity contribution is 0.0601. The molecular weight excluding hydrogens is 308 g/mol. The number of carbonyl (C=O) groups excluding carboxylic acids is 1. The number of nitrogens with one attached hydrogen (secondary N) is 1. The Morgan fingerprint density at radius 1 is 1.37 bits per heavy atom. The molecule has 0 atom stereocenters. The summed E-state index contributed by atoms with van der Waals surface area (Å²) in [4.78, 5) is 15.9. The third-order valence-corrected chi connectivity index (χ3v) is 3.00. The van der Waals surface area contributed by atoms with Crippen LogP contribution in [0.5, 0.6) is 0 Å². The van der Waals surface area contributed by atoms with Crippen LogP contribution in [0.15, 0.2) is 47.1 Å². The first-order valence-electron chi connectivity index (χ1n) is 5.72. The largest absolute Gasteiger partial charge is 0.465 e. The van der Waals surface area contributed by atoms with Crippen LogP contribution < -0.4 is 5.32 Å². The lowest BCUT2D eigenvalue weighted by Gasteiger charge is -2.10. The summed E-state index contributed by atoms with van der Waals surface area (Å²) < 4.78 is 5.48. The summed E-state index contributed by atoms with van der Waals surface area (Å²) in [5, 5.41) is 3.14. The normalized spacial score (nSPS) is 10.0. The number of anilines is 1. The zero-order chi connectivity index (χ0) is 13.7. The number of esters is 1. The molecule has 0 amide bonds. The highest BCUT2D eigenvalue weighted by Crippen LogP contribution is 2.19. The van der Waals surface area contributed by atoms with E-state index in [0.29, 0.717) is 17.9 Å². The molecule has 19 heavy (non-hydrogen) atoms. The van der Waals surface area contributed by atoms with Crippen molar-refractivity contribution in [3.63, 3.8) is 0 Å². The van der Waals surface area contributed by atoms with Crippen LogP contribution in [0, 0.1) is 0 Å². The number of hydrogen-bond acceptors (Lipinski definition) is 4. The number of methoxy groups -OCH3 is 1. The van der Waals surface area contributed by atoms with Crippen molar-refractivity contribution in [2.75, 3.05) is 12.4 Å². The Labute approximate surface area is 119 Å². The van der Waals surface area contributed by atoms with Crippen LogP contribution in [0.1, 0.15) is 15.9 Å². The molecule has 0 radical (unpaired) electrons. The van der Waals surface area contributed by atoms with Crippen LogP contribution in [0.25, 0.3) is 0 Å². The summed E-state index contributed by atoms with van der Waals surface area (Å²) in [6.07, 6.45) is 1.64. The van der Waals surface area contributed by atoms with Gasteiger partial charge in [-0.3, -0.25) is 0 Å². The van der Waals surface area contributed by atoms with E-state index in [9.17, 15) is 4.79 Å². The molecule has 5 heteroatoms. The average Bonchev–Trinajstić information content (AvgIpc) is 2.46. The molecule has 0 spiro atoms. The van der Waals surface area contributed by atoms with Crippen LogP contribution >= 0.6 is 15.9 Å². The van der Waals surface area contributed by atoms with Crippen LogP contribution in [-0.4, -0.2) is 18.1 Å². The molecule has 1 aromatic heterocycles. The van der Waals surface area contributed by atoms with Crippen LogP contribution in [0.2, 0.25) is 0 Å². The summed E-state index contributed by atoms with van der Waals surface area (Å²) in [5.74, 6) is 0.100. The second-order valence-corrected chi connectivity index (χ2v) is 4.80. The van der Waals surface area contributed by atoms with Gasteiger partial charge in [-0.2, -0.15) is 0 Å². The highest BCUT2D eigenvalue weighted by Gasteiger charge is 2.13. The van der Waals surface area contributed by atoms with Gasteiger partial charge in [0.05, 0.1) is 7.11 Å². The Morgan fingerprint density at radius 3 is 2.79 bits per heavy atom. The van der Waals surface area contributed by atoms with E-state index in [0.717, 1.165) is 10.0 Å². The maximum Gasteiger partial charge on any atom is 0.341 e. The molecule has 0 aliphatic heterocycles. The molecule has 0 saturated heterocycles. The fraction of sp³-hybridized carbons (Fsp3) is 0.143. The molecule has 0 aliphatic carbocycles. The number of halogens is 1. The van der Waals surface area contributed by atoms with Crippen LogP contribution in [0.4, 0.5) is 5.82 Å². The first-order chi connectivity index (χ1) is 9.20. The van der Waals surface area contributed by atoms with Gasteiger partial charge in [-0.25, -0.2) is 9.78 Å². The van der Waals surface area contributed by atoms with E-state index in [1.807, 2.05) is 30.3 Å². The van der Waals surface area contributed by atoms with Crippen molar-refractivity contribution in [1.29, 1.82) is 0 Å². The highest BCUT2D eigenvalue weighted by atomic mass is 79.9. The Kier molecular flexibility index (Phi) is 4.52. The van der Waals surface area contributed by atoms with E-state index in [2.05, 4.69) is 26.2 Å². The minimum absolute atomic E-state index is 0.410. The molecule has 1 N–H and O–H groups in total. The van der Waals surface area contributed by atoms with Gasteiger partial charge in [0.15, 0.2) is 0 Å². The minimum Gasteiger partial charge on any atom is -0.465 e. The monoisotopic (exact) mass is 320 g/mol. The first kappa shape index (κ1) is 13.5. The Balaban J connectivity index is 2.18. The number of benzene rings is 1. The molecule has 98 valence electrons. The standard InChI is InChI=1S/C14H13BrN2O2/c1-19-14(18)12-7-11(15)9-17-13(12)16-8-10-5-3-2-4-6-10/h2-7,9H,8H2,1H3,(H,16,17). The molecular formula is C14H13BrN2O2. The summed E-state index contributed by atoms with van der Waals surface area (Å²) in [5.41, 5.74) is 1.52. The van der Waals surface area contributed by atoms with Gasteiger partial charge in [-0.05, 0) is 27.6 Å². The van der Waals surface area contributed by atoms with Gasteiger partial charge < -0.3 is 10.1 Å². The molecule has 0 aliphatic rings. The molecule has 2 rings (SSSR count). The predicted molar refractivity (Wildman–Crippen MR) is 77.0 cm³/mol. The summed E-state index contributed by atoms with van der Waals surface area (Å²) in [6, 6.07) is 11.6. The van der Waals surface area contributed by atoms with Gasteiger partial charge in [0.1, 0.15) is 11.4 Å². The van der Waals surface area contributed by atoms with Gasteiger partial charge in [-0.15, -0.1) is 0 Å². The van der Waals surface area contributed by atoms with Crippen molar-refractivity contribution in [2.45, 2.75) is 6.54 Å². The van der Waals surface area contributed by atoms with E-state index in [1.165, 1.54) is 7.11 Å². The van der Waals surface area contributed by atoms with Crippen molar-refractivity contribution in [2.24, 2.45) is 0 Å². The zero-order valence-corrected chi connectivity index (χ0v) is 12.0. The van der Waals surface area contributed by atoms with Crippen molar-refractivity contribution >= 4 is 27.7 Å². The van der Waals surface area contributed by atoms with Crippen molar-refractivity contribution < 1.29 is 9.53 Å². The molecule has 1 heterocycles. The molecule has 0 bridgehead atoms. The van der Waals surface area contributed by atoms with Gasteiger partial charge in [0.2, 0.25) is 0 Å². The SMILES string of the molecule is COC(=O)c1cc(Br)cnc1NCc1ccccc1. The predicted octanol–water partition coefficient (Wildman–Crippen LogP) is 3.24. The van der Waals surface area contributed by atoms with Crippen molar-refractivity contribution in [3.8, 4) is 0 Å². The number of ether oxygens (including phenoxy) is 1. The Hall–Kier alpha value is -1.88. The quantitative estimate of drug-likeness (QED) is 0.879. The Morgan fingerprint density at radius 2 is 2.11 bits per heavy atom. The zero-order valence-electron chi connectivity index (χ0n) is 10.4. The third-order valence-electron chi connectivity index (χ3n) is 2.56. The lowest BCUT2D eigenvalue weighted by Crippen LogP contribution is -2.10. The van der Waals surface area contributed by atoms with Gasteiger partial charge in [0, 0.05) is 17.2 Å². The van der Waals surface area contributed by atoms with Crippen molar-refractivity contribution in [1.82, 2.24) is 4.98 Å². The second-order valence-electron chi connectivity index (χ2n) is 3.88. The fourth-order valence-electron chi connectivity index (χ4n) is 1.63.